The molecule has 0 aromatic heterocycles. The number of guanidine groups is 1. The molecule has 0 aromatic carbocycles. The molecule has 0 saturated heterocycles. The molecule has 2 aliphatic carbocycles. The molecule has 2 rings (SSSR count). The van der Waals surface area contributed by atoms with Crippen LogP contribution in [0.3, 0.4) is 0 Å². The summed E-state index contributed by atoms with van der Waals surface area (Å²) in [7, 11) is -0.705. The Morgan fingerprint density at radius 1 is 1.25 bits per heavy atom. The molecule has 142 valence electrons. The van der Waals surface area contributed by atoms with E-state index in [-0.39, 0.29) is 24.0 Å². The zero-order chi connectivity index (χ0) is 16.7. The van der Waals surface area contributed by atoms with E-state index in [1.165, 1.54) is 0 Å². The van der Waals surface area contributed by atoms with Crippen LogP contribution in [0.2, 0.25) is 0 Å². The third-order valence-corrected chi connectivity index (χ3v) is 6.77. The van der Waals surface area contributed by atoms with Crippen LogP contribution in [0.5, 0.6) is 0 Å². The Hall–Kier alpha value is 0.110. The minimum Gasteiger partial charge on any atom is -0.388 e. The summed E-state index contributed by atoms with van der Waals surface area (Å²) < 4.78 is 12.1. The van der Waals surface area contributed by atoms with Crippen molar-refractivity contribution in [1.82, 2.24) is 10.6 Å². The van der Waals surface area contributed by atoms with Crippen LogP contribution >= 0.6 is 24.0 Å². The van der Waals surface area contributed by atoms with Crippen molar-refractivity contribution in [3.63, 3.8) is 0 Å². The summed E-state index contributed by atoms with van der Waals surface area (Å²) in [5.74, 6) is 1.54. The third-order valence-electron chi connectivity index (χ3n) is 5.03. The highest BCUT2D eigenvalue weighted by atomic mass is 127. The van der Waals surface area contributed by atoms with E-state index in [2.05, 4.69) is 22.5 Å². The molecule has 0 heterocycles. The van der Waals surface area contributed by atoms with E-state index in [0.29, 0.717) is 17.8 Å². The summed E-state index contributed by atoms with van der Waals surface area (Å²) in [6, 6.07) is 0.334. The van der Waals surface area contributed by atoms with Crippen molar-refractivity contribution in [3.8, 4) is 0 Å². The summed E-state index contributed by atoms with van der Waals surface area (Å²) in [4.78, 5) is 4.62. The summed E-state index contributed by atoms with van der Waals surface area (Å²) in [5.41, 5.74) is -0.610. The standard InChI is InChI=1S/C17H33N3O2S.HI/c1-3-18-16(19-13-17(21)10-5-6-11-17)20-14-8-7-9-15(12-14)23(22)4-2;/h14-15,21H,3-13H2,1-2H3,(H2,18,19,20);1H. The minimum atomic E-state index is -0.705. The lowest BCUT2D eigenvalue weighted by Crippen LogP contribution is -2.47. The van der Waals surface area contributed by atoms with E-state index < -0.39 is 16.4 Å². The number of nitrogens with zero attached hydrogens (tertiary/aromatic N) is 1. The Kier molecular flexibility index (Phi) is 10.1. The van der Waals surface area contributed by atoms with Crippen LogP contribution in [0.4, 0.5) is 0 Å². The summed E-state index contributed by atoms with van der Waals surface area (Å²) in [6.45, 7) is 5.33. The van der Waals surface area contributed by atoms with Gasteiger partial charge in [-0.2, -0.15) is 0 Å². The number of halogens is 1. The maximum Gasteiger partial charge on any atom is 0.191 e. The summed E-state index contributed by atoms with van der Waals surface area (Å²) in [5, 5.41) is 17.6. The number of nitrogens with one attached hydrogen (secondary N) is 2. The fraction of sp³-hybridized carbons (Fsp3) is 0.941. The SMILES string of the molecule is CCNC(=NCC1(O)CCCC1)NC1CCCC(S(=O)CC)C1.I. The molecule has 2 fully saturated rings. The molecule has 3 atom stereocenters. The number of hydrogen-bond donors (Lipinski definition) is 3. The van der Waals surface area contributed by atoms with Crippen molar-refractivity contribution in [1.29, 1.82) is 0 Å². The molecule has 0 aliphatic heterocycles. The van der Waals surface area contributed by atoms with Crippen LogP contribution in [0.15, 0.2) is 4.99 Å². The van der Waals surface area contributed by atoms with Gasteiger partial charge in [-0.1, -0.05) is 26.2 Å². The quantitative estimate of drug-likeness (QED) is 0.316. The fourth-order valence-corrected chi connectivity index (χ4v) is 5.03. The van der Waals surface area contributed by atoms with E-state index in [4.69, 9.17) is 0 Å². The largest absolute Gasteiger partial charge is 0.388 e. The zero-order valence-electron chi connectivity index (χ0n) is 15.1. The van der Waals surface area contributed by atoms with Crippen LogP contribution in [-0.4, -0.2) is 51.0 Å². The van der Waals surface area contributed by atoms with Crippen molar-refractivity contribution >= 4 is 40.7 Å². The maximum atomic E-state index is 12.1. The van der Waals surface area contributed by atoms with Crippen molar-refractivity contribution in [2.24, 2.45) is 4.99 Å². The minimum absolute atomic E-state index is 0. The second-order valence-corrected chi connectivity index (χ2v) is 8.93. The normalized spacial score (nSPS) is 28.0. The van der Waals surface area contributed by atoms with E-state index in [1.54, 1.807) is 0 Å². The van der Waals surface area contributed by atoms with Gasteiger partial charge in [0.05, 0.1) is 12.1 Å². The number of aliphatic hydroxyl groups is 1. The lowest BCUT2D eigenvalue weighted by Gasteiger charge is -2.30. The molecule has 3 N–H and O–H groups in total. The van der Waals surface area contributed by atoms with Crippen molar-refractivity contribution in [2.75, 3.05) is 18.8 Å². The molecule has 3 unspecified atom stereocenters. The topological polar surface area (TPSA) is 73.7 Å². The van der Waals surface area contributed by atoms with Gasteiger partial charge in [-0.15, -0.1) is 24.0 Å². The fourth-order valence-electron chi connectivity index (χ4n) is 3.68. The molecular weight excluding hydrogens is 437 g/mol. The van der Waals surface area contributed by atoms with Gasteiger partial charge in [0.2, 0.25) is 0 Å². The van der Waals surface area contributed by atoms with E-state index in [1.807, 2.05) is 6.92 Å². The predicted octanol–water partition coefficient (Wildman–Crippen LogP) is 2.54. The van der Waals surface area contributed by atoms with Crippen LogP contribution in [0.25, 0.3) is 0 Å². The molecule has 0 aromatic rings. The van der Waals surface area contributed by atoms with Gasteiger partial charge in [0.15, 0.2) is 5.96 Å². The van der Waals surface area contributed by atoms with E-state index in [9.17, 15) is 9.32 Å². The molecule has 7 heteroatoms. The Labute approximate surface area is 166 Å². The third kappa shape index (κ3) is 6.78. The second kappa shape index (κ2) is 11.0. The van der Waals surface area contributed by atoms with Crippen molar-refractivity contribution in [3.05, 3.63) is 0 Å². The molecule has 0 bridgehead atoms. The van der Waals surface area contributed by atoms with Gasteiger partial charge in [0.1, 0.15) is 0 Å². The van der Waals surface area contributed by atoms with Crippen molar-refractivity contribution in [2.45, 2.75) is 82.1 Å². The average Bonchev–Trinajstić information content (AvgIpc) is 2.99. The molecular formula is C17H34IN3O2S. The van der Waals surface area contributed by atoms with Crippen molar-refractivity contribution < 1.29 is 9.32 Å². The highest BCUT2D eigenvalue weighted by Gasteiger charge is 2.31. The van der Waals surface area contributed by atoms with Crippen LogP contribution < -0.4 is 10.6 Å². The van der Waals surface area contributed by atoms with Gasteiger partial charge in [-0.25, -0.2) is 0 Å². The molecule has 2 saturated carbocycles. The Morgan fingerprint density at radius 2 is 1.96 bits per heavy atom. The van der Waals surface area contributed by atoms with Crippen LogP contribution in [0.1, 0.15) is 65.2 Å². The van der Waals surface area contributed by atoms with Gasteiger partial charge in [-0.3, -0.25) is 9.20 Å². The predicted molar refractivity (Wildman–Crippen MR) is 113 cm³/mol. The number of hydrogen-bond acceptors (Lipinski definition) is 3. The first-order valence-electron chi connectivity index (χ1n) is 9.20. The smallest absolute Gasteiger partial charge is 0.191 e. The lowest BCUT2D eigenvalue weighted by atomic mass is 9.95. The number of aliphatic imine (C=N–C) groups is 1. The van der Waals surface area contributed by atoms with Gasteiger partial charge >= 0.3 is 0 Å². The van der Waals surface area contributed by atoms with E-state index >= 15 is 0 Å². The number of rotatable bonds is 6. The summed E-state index contributed by atoms with van der Waals surface area (Å²) in [6.07, 6.45) is 8.17. The van der Waals surface area contributed by atoms with Crippen LogP contribution in [-0.2, 0) is 10.8 Å². The lowest BCUT2D eigenvalue weighted by molar-refractivity contribution is 0.0574. The highest BCUT2D eigenvalue weighted by Crippen LogP contribution is 2.29. The molecule has 0 spiro atoms. The molecule has 2 aliphatic rings. The van der Waals surface area contributed by atoms with Gasteiger partial charge in [0, 0.05) is 34.4 Å². The molecule has 0 amide bonds. The Bertz CT molecular complexity index is 428. The zero-order valence-corrected chi connectivity index (χ0v) is 18.2. The van der Waals surface area contributed by atoms with Gasteiger partial charge < -0.3 is 15.7 Å². The first-order valence-corrected chi connectivity index (χ1v) is 10.6. The Balaban J connectivity index is 0.00000288. The maximum absolute atomic E-state index is 12.1. The second-order valence-electron chi connectivity index (χ2n) is 6.93. The molecule has 0 radical (unpaired) electrons. The van der Waals surface area contributed by atoms with Gasteiger partial charge in [-0.05, 0) is 39.0 Å². The Morgan fingerprint density at radius 3 is 2.58 bits per heavy atom. The average molecular weight is 471 g/mol. The molecule has 24 heavy (non-hydrogen) atoms. The van der Waals surface area contributed by atoms with Crippen LogP contribution in [0, 0.1) is 0 Å². The molecule has 5 nitrogen and oxygen atoms in total. The van der Waals surface area contributed by atoms with Gasteiger partial charge in [0.25, 0.3) is 0 Å². The first-order chi connectivity index (χ1) is 11.1. The summed E-state index contributed by atoms with van der Waals surface area (Å²) >= 11 is 0. The first kappa shape index (κ1) is 22.2. The monoisotopic (exact) mass is 471 g/mol. The highest BCUT2D eigenvalue weighted by molar-refractivity contribution is 14.0. The van der Waals surface area contributed by atoms with E-state index in [0.717, 1.165) is 69.6 Å².